The zero-order valence-corrected chi connectivity index (χ0v) is 11.0. The van der Waals surface area contributed by atoms with Crippen LogP contribution in [0.5, 0.6) is 0 Å². The van der Waals surface area contributed by atoms with Gasteiger partial charge in [0, 0.05) is 25.1 Å². The van der Waals surface area contributed by atoms with E-state index in [1.165, 1.54) is 0 Å². The van der Waals surface area contributed by atoms with Gasteiger partial charge >= 0.3 is 0 Å². The van der Waals surface area contributed by atoms with Crippen LogP contribution in [-0.2, 0) is 4.74 Å². The van der Waals surface area contributed by atoms with E-state index in [-0.39, 0.29) is 5.92 Å². The molecule has 0 spiro atoms. The minimum Gasteiger partial charge on any atom is -0.383 e. The van der Waals surface area contributed by atoms with Crippen molar-refractivity contribution in [2.24, 2.45) is 5.92 Å². The molecule has 3 heteroatoms. The van der Waals surface area contributed by atoms with Gasteiger partial charge in [0.15, 0.2) is 5.78 Å². The number of hydrogen-bond acceptors (Lipinski definition) is 3. The Kier molecular flexibility index (Phi) is 4.90. The van der Waals surface area contributed by atoms with Crippen molar-refractivity contribution >= 4 is 5.78 Å². The minimum absolute atomic E-state index is 0.200. The fraction of sp³-hybridized carbons (Fsp3) is 0.533. The molecular weight excluding hydrogens is 226 g/mol. The molecule has 1 aromatic rings. The molecule has 1 saturated heterocycles. The number of carbonyl (C=O) groups excluding carboxylic acids is 1. The number of methoxy groups -OCH3 is 1. The maximum Gasteiger partial charge on any atom is 0.166 e. The Morgan fingerprint density at radius 3 is 2.56 bits per heavy atom. The summed E-state index contributed by atoms with van der Waals surface area (Å²) in [7, 11) is 1.73. The molecule has 0 bridgehead atoms. The second-order valence-corrected chi connectivity index (χ2v) is 4.84. The lowest BCUT2D eigenvalue weighted by atomic mass is 9.89. The van der Waals surface area contributed by atoms with Crippen LogP contribution in [0.2, 0.25) is 0 Å². The van der Waals surface area contributed by atoms with Crippen molar-refractivity contribution < 1.29 is 9.53 Å². The lowest BCUT2D eigenvalue weighted by Crippen LogP contribution is -2.38. The molecular formula is C15H21NO2. The Balaban J connectivity index is 1.84. The van der Waals surface area contributed by atoms with Crippen LogP contribution in [0.1, 0.15) is 23.2 Å². The number of ether oxygens (including phenoxy) is 1. The number of hydrogen-bond donors (Lipinski definition) is 0. The predicted octanol–water partition coefficient (Wildman–Crippen LogP) is 2.23. The quantitative estimate of drug-likeness (QED) is 0.747. The number of benzene rings is 1. The molecule has 3 nitrogen and oxygen atoms in total. The zero-order valence-electron chi connectivity index (χ0n) is 11.0. The van der Waals surface area contributed by atoms with E-state index in [9.17, 15) is 4.79 Å². The van der Waals surface area contributed by atoms with Gasteiger partial charge < -0.3 is 9.64 Å². The first-order chi connectivity index (χ1) is 8.81. The number of Topliss-reactive ketones (excluding diaryl/α,β-unsaturated/α-hetero) is 1. The highest BCUT2D eigenvalue weighted by Crippen LogP contribution is 2.21. The summed E-state index contributed by atoms with van der Waals surface area (Å²) in [6, 6.07) is 9.64. The van der Waals surface area contributed by atoms with Gasteiger partial charge in [-0.1, -0.05) is 30.3 Å². The average Bonchev–Trinajstić information content (AvgIpc) is 2.46. The lowest BCUT2D eigenvalue weighted by molar-refractivity contribution is 0.0803. The number of nitrogens with zero attached hydrogens (tertiary/aromatic N) is 1. The first-order valence-electron chi connectivity index (χ1n) is 6.62. The maximum absolute atomic E-state index is 12.3. The van der Waals surface area contributed by atoms with E-state index in [0.29, 0.717) is 5.78 Å². The molecule has 0 aliphatic carbocycles. The number of carbonyl (C=O) groups is 1. The molecule has 1 fully saturated rings. The molecule has 98 valence electrons. The van der Waals surface area contributed by atoms with Crippen molar-refractivity contribution in [1.29, 1.82) is 0 Å². The first kappa shape index (κ1) is 13.2. The van der Waals surface area contributed by atoms with Crippen molar-refractivity contribution in [2.75, 3.05) is 33.4 Å². The van der Waals surface area contributed by atoms with Crippen LogP contribution in [0.25, 0.3) is 0 Å². The van der Waals surface area contributed by atoms with Gasteiger partial charge in [-0.05, 0) is 25.9 Å². The second-order valence-electron chi connectivity index (χ2n) is 4.84. The van der Waals surface area contributed by atoms with E-state index in [1.54, 1.807) is 7.11 Å². The first-order valence-corrected chi connectivity index (χ1v) is 6.62. The second kappa shape index (κ2) is 6.66. The third-order valence-electron chi connectivity index (χ3n) is 3.63. The summed E-state index contributed by atoms with van der Waals surface area (Å²) < 4.78 is 5.08. The molecule has 0 saturated carbocycles. The number of piperidine rings is 1. The van der Waals surface area contributed by atoms with Crippen LogP contribution in [0.4, 0.5) is 0 Å². The third-order valence-corrected chi connectivity index (χ3v) is 3.63. The molecule has 0 unspecified atom stereocenters. The largest absolute Gasteiger partial charge is 0.383 e. The minimum atomic E-state index is 0.200. The van der Waals surface area contributed by atoms with E-state index in [0.717, 1.165) is 44.6 Å². The fourth-order valence-electron chi connectivity index (χ4n) is 2.48. The number of likely N-dealkylation sites (tertiary alicyclic amines) is 1. The molecule has 1 aromatic carbocycles. The van der Waals surface area contributed by atoms with Crippen LogP contribution < -0.4 is 0 Å². The highest BCUT2D eigenvalue weighted by Gasteiger charge is 2.25. The Hall–Kier alpha value is -1.19. The van der Waals surface area contributed by atoms with Crippen LogP contribution in [0, 0.1) is 5.92 Å². The van der Waals surface area contributed by atoms with Crippen LogP contribution >= 0.6 is 0 Å². The highest BCUT2D eigenvalue weighted by molar-refractivity contribution is 5.97. The molecule has 0 atom stereocenters. The molecule has 1 aliphatic heterocycles. The number of ketones is 1. The Labute approximate surface area is 109 Å². The summed E-state index contributed by atoms with van der Waals surface area (Å²) in [5, 5.41) is 0. The molecule has 0 N–H and O–H groups in total. The van der Waals surface area contributed by atoms with Gasteiger partial charge in [0.05, 0.1) is 6.61 Å². The molecule has 1 aliphatic rings. The molecule has 1 heterocycles. The Morgan fingerprint density at radius 2 is 1.94 bits per heavy atom. The van der Waals surface area contributed by atoms with E-state index in [2.05, 4.69) is 4.90 Å². The smallest absolute Gasteiger partial charge is 0.166 e. The van der Waals surface area contributed by atoms with Gasteiger partial charge in [0.1, 0.15) is 0 Å². The maximum atomic E-state index is 12.3. The standard InChI is InChI=1S/C15H21NO2/c1-18-12-11-16-9-7-14(8-10-16)15(17)13-5-3-2-4-6-13/h2-6,14H,7-12H2,1H3. The molecule has 0 amide bonds. The Bertz CT molecular complexity index is 369. The fourth-order valence-corrected chi connectivity index (χ4v) is 2.48. The summed E-state index contributed by atoms with van der Waals surface area (Å²) in [5.41, 5.74) is 0.854. The highest BCUT2D eigenvalue weighted by atomic mass is 16.5. The molecule has 0 radical (unpaired) electrons. The summed E-state index contributed by atoms with van der Waals surface area (Å²) in [6.45, 7) is 3.76. The van der Waals surface area contributed by atoms with E-state index in [4.69, 9.17) is 4.74 Å². The lowest BCUT2D eigenvalue weighted by Gasteiger charge is -2.30. The summed E-state index contributed by atoms with van der Waals surface area (Å²) in [4.78, 5) is 14.7. The van der Waals surface area contributed by atoms with Crippen molar-refractivity contribution in [3.05, 3.63) is 35.9 Å². The summed E-state index contributed by atoms with van der Waals surface area (Å²) >= 11 is 0. The van der Waals surface area contributed by atoms with Gasteiger partial charge in [0.2, 0.25) is 0 Å². The van der Waals surface area contributed by atoms with Crippen molar-refractivity contribution in [1.82, 2.24) is 4.90 Å². The topological polar surface area (TPSA) is 29.5 Å². The van der Waals surface area contributed by atoms with Crippen LogP contribution in [0.15, 0.2) is 30.3 Å². The van der Waals surface area contributed by atoms with E-state index in [1.807, 2.05) is 30.3 Å². The van der Waals surface area contributed by atoms with E-state index >= 15 is 0 Å². The Morgan fingerprint density at radius 1 is 1.28 bits per heavy atom. The zero-order chi connectivity index (χ0) is 12.8. The molecule has 18 heavy (non-hydrogen) atoms. The van der Waals surface area contributed by atoms with Crippen molar-refractivity contribution in [3.63, 3.8) is 0 Å². The SMILES string of the molecule is COCCN1CCC(C(=O)c2ccccc2)CC1. The van der Waals surface area contributed by atoms with Gasteiger partial charge in [-0.15, -0.1) is 0 Å². The van der Waals surface area contributed by atoms with Crippen molar-refractivity contribution in [2.45, 2.75) is 12.8 Å². The van der Waals surface area contributed by atoms with E-state index < -0.39 is 0 Å². The summed E-state index contributed by atoms with van der Waals surface area (Å²) in [6.07, 6.45) is 1.94. The van der Waals surface area contributed by atoms with Gasteiger partial charge in [-0.3, -0.25) is 4.79 Å². The third kappa shape index (κ3) is 3.40. The normalized spacial score (nSPS) is 17.8. The van der Waals surface area contributed by atoms with Crippen LogP contribution in [0.3, 0.4) is 0 Å². The van der Waals surface area contributed by atoms with Crippen molar-refractivity contribution in [3.8, 4) is 0 Å². The van der Waals surface area contributed by atoms with Gasteiger partial charge in [-0.25, -0.2) is 0 Å². The summed E-state index contributed by atoms with van der Waals surface area (Å²) in [5.74, 6) is 0.508. The van der Waals surface area contributed by atoms with Gasteiger partial charge in [-0.2, -0.15) is 0 Å². The predicted molar refractivity (Wildman–Crippen MR) is 71.8 cm³/mol. The molecule has 0 aromatic heterocycles. The monoisotopic (exact) mass is 247 g/mol. The molecule has 2 rings (SSSR count). The van der Waals surface area contributed by atoms with Gasteiger partial charge in [0.25, 0.3) is 0 Å². The van der Waals surface area contributed by atoms with Crippen LogP contribution in [-0.4, -0.2) is 44.0 Å². The number of rotatable bonds is 5. The average molecular weight is 247 g/mol.